The van der Waals surface area contributed by atoms with Gasteiger partial charge in [-0.1, -0.05) is 18.2 Å². The van der Waals surface area contributed by atoms with Crippen LogP contribution in [0.25, 0.3) is 10.9 Å². The summed E-state index contributed by atoms with van der Waals surface area (Å²) >= 11 is 0. The highest BCUT2D eigenvalue weighted by Crippen LogP contribution is 2.31. The van der Waals surface area contributed by atoms with Crippen molar-refractivity contribution in [1.29, 1.82) is 0 Å². The van der Waals surface area contributed by atoms with Crippen LogP contribution in [0.3, 0.4) is 0 Å². The molecule has 0 radical (unpaired) electrons. The monoisotopic (exact) mass is 446 g/mol. The summed E-state index contributed by atoms with van der Waals surface area (Å²) in [6.45, 7) is 0.409. The number of rotatable bonds is 8. The van der Waals surface area contributed by atoms with E-state index in [2.05, 4.69) is 15.3 Å². The van der Waals surface area contributed by atoms with Crippen molar-refractivity contribution in [2.75, 3.05) is 12.4 Å². The second-order valence-corrected chi connectivity index (χ2v) is 7.24. The Hall–Kier alpha value is -4.40. The quantitative estimate of drug-likeness (QED) is 0.430. The van der Waals surface area contributed by atoms with E-state index >= 15 is 0 Å². The number of nitrogens with zero attached hydrogens (tertiary/aromatic N) is 2. The van der Waals surface area contributed by atoms with Gasteiger partial charge in [0.1, 0.15) is 6.61 Å². The van der Waals surface area contributed by atoms with Crippen molar-refractivity contribution in [3.8, 4) is 11.5 Å². The standard InChI is InChI=1S/C24H22N4O5/c1-32-20-9-8-17(13-21(20)33-15-16-5-4-11-25-14-16)26-22(29)10-12-28-19-7-3-2-6-18(19)23(30)27-24(28)31/h2-9,11,13-14H,10,12,15H2,1H3,(H,26,29)(H,27,30,31). The van der Waals surface area contributed by atoms with Gasteiger partial charge in [-0.25, -0.2) is 4.79 Å². The minimum atomic E-state index is -0.554. The van der Waals surface area contributed by atoms with Crippen LogP contribution >= 0.6 is 0 Å². The van der Waals surface area contributed by atoms with Gasteiger partial charge in [0.15, 0.2) is 11.5 Å². The summed E-state index contributed by atoms with van der Waals surface area (Å²) in [6, 6.07) is 15.6. The summed E-state index contributed by atoms with van der Waals surface area (Å²) in [7, 11) is 1.54. The van der Waals surface area contributed by atoms with Gasteiger partial charge in [0.05, 0.1) is 18.0 Å². The van der Waals surface area contributed by atoms with E-state index in [1.165, 1.54) is 11.7 Å². The Kier molecular flexibility index (Phi) is 6.49. The molecule has 2 aromatic heterocycles. The van der Waals surface area contributed by atoms with Gasteiger partial charge in [0, 0.05) is 42.7 Å². The predicted octanol–water partition coefficient (Wildman–Crippen LogP) is 2.70. The molecule has 0 fully saturated rings. The lowest BCUT2D eigenvalue weighted by atomic mass is 10.2. The zero-order valence-corrected chi connectivity index (χ0v) is 17.9. The second-order valence-electron chi connectivity index (χ2n) is 7.24. The molecule has 0 aliphatic carbocycles. The van der Waals surface area contributed by atoms with Crippen molar-refractivity contribution in [1.82, 2.24) is 14.5 Å². The van der Waals surface area contributed by atoms with Gasteiger partial charge < -0.3 is 14.8 Å². The van der Waals surface area contributed by atoms with Crippen LogP contribution in [-0.2, 0) is 17.9 Å². The summed E-state index contributed by atoms with van der Waals surface area (Å²) < 4.78 is 12.6. The molecule has 4 aromatic rings. The third-order valence-corrected chi connectivity index (χ3v) is 5.03. The van der Waals surface area contributed by atoms with E-state index in [-0.39, 0.29) is 18.9 Å². The fraction of sp³-hybridized carbons (Fsp3) is 0.167. The largest absolute Gasteiger partial charge is 0.493 e. The minimum Gasteiger partial charge on any atom is -0.493 e. The van der Waals surface area contributed by atoms with E-state index in [0.29, 0.717) is 34.7 Å². The number of amides is 1. The molecule has 2 aromatic carbocycles. The maximum atomic E-state index is 12.6. The number of methoxy groups -OCH3 is 1. The van der Waals surface area contributed by atoms with E-state index in [1.54, 1.807) is 54.9 Å². The number of pyridine rings is 1. The van der Waals surface area contributed by atoms with Gasteiger partial charge >= 0.3 is 5.69 Å². The van der Waals surface area contributed by atoms with Crippen LogP contribution in [0.4, 0.5) is 5.69 Å². The maximum Gasteiger partial charge on any atom is 0.328 e. The second kappa shape index (κ2) is 9.82. The number of aromatic amines is 1. The third-order valence-electron chi connectivity index (χ3n) is 5.03. The number of H-pyrrole nitrogens is 1. The van der Waals surface area contributed by atoms with Crippen LogP contribution in [0.15, 0.2) is 76.6 Å². The summed E-state index contributed by atoms with van der Waals surface area (Å²) in [5.41, 5.74) is 0.901. The molecule has 2 heterocycles. The van der Waals surface area contributed by atoms with Gasteiger partial charge in [-0.05, 0) is 30.3 Å². The molecule has 33 heavy (non-hydrogen) atoms. The van der Waals surface area contributed by atoms with Crippen molar-refractivity contribution in [3.05, 3.63) is 93.4 Å². The Bertz CT molecular complexity index is 1400. The SMILES string of the molecule is COc1ccc(NC(=O)CCn2c(=O)[nH]c(=O)c3ccccc32)cc1OCc1cccnc1. The van der Waals surface area contributed by atoms with Crippen LogP contribution < -0.4 is 26.0 Å². The summed E-state index contributed by atoms with van der Waals surface area (Å²) in [4.78, 5) is 43.2. The average Bonchev–Trinajstić information content (AvgIpc) is 2.83. The number of fused-ring (bicyclic) bond motifs is 1. The molecule has 0 saturated heterocycles. The molecule has 0 spiro atoms. The molecule has 0 saturated carbocycles. The number of hydrogen-bond donors (Lipinski definition) is 2. The molecule has 0 aliphatic heterocycles. The highest BCUT2D eigenvalue weighted by molar-refractivity contribution is 5.91. The number of carbonyl (C=O) groups excluding carboxylic acids is 1. The molecular formula is C24H22N4O5. The topological polar surface area (TPSA) is 115 Å². The molecule has 0 bridgehead atoms. The molecule has 1 amide bonds. The molecule has 0 aliphatic rings. The highest BCUT2D eigenvalue weighted by Gasteiger charge is 2.11. The Morgan fingerprint density at radius 2 is 1.94 bits per heavy atom. The molecule has 9 nitrogen and oxygen atoms in total. The molecule has 0 atom stereocenters. The smallest absolute Gasteiger partial charge is 0.328 e. The van der Waals surface area contributed by atoms with Gasteiger partial charge in [-0.3, -0.25) is 24.1 Å². The first kappa shape index (κ1) is 21.8. The number of anilines is 1. The van der Waals surface area contributed by atoms with Crippen molar-refractivity contribution in [3.63, 3.8) is 0 Å². The molecule has 4 rings (SSSR count). The van der Waals surface area contributed by atoms with Gasteiger partial charge in [-0.2, -0.15) is 0 Å². The minimum absolute atomic E-state index is 0.0356. The Balaban J connectivity index is 1.45. The van der Waals surface area contributed by atoms with Gasteiger partial charge in [-0.15, -0.1) is 0 Å². The summed E-state index contributed by atoms with van der Waals surface area (Å²) in [5.74, 6) is 0.714. The summed E-state index contributed by atoms with van der Waals surface area (Å²) in [5, 5.41) is 3.20. The lowest BCUT2D eigenvalue weighted by molar-refractivity contribution is -0.116. The Morgan fingerprint density at radius 1 is 1.09 bits per heavy atom. The fourth-order valence-corrected chi connectivity index (χ4v) is 3.41. The molecule has 9 heteroatoms. The number of carbonyl (C=O) groups is 1. The van der Waals surface area contributed by atoms with Crippen LogP contribution in [-0.4, -0.2) is 27.6 Å². The van der Waals surface area contributed by atoms with E-state index in [0.717, 1.165) is 5.56 Å². The van der Waals surface area contributed by atoms with E-state index < -0.39 is 11.2 Å². The summed E-state index contributed by atoms with van der Waals surface area (Å²) in [6.07, 6.45) is 3.43. The third kappa shape index (κ3) is 5.09. The van der Waals surface area contributed by atoms with Crippen molar-refractivity contribution in [2.24, 2.45) is 0 Å². The zero-order valence-electron chi connectivity index (χ0n) is 17.9. The van der Waals surface area contributed by atoms with E-state index in [1.807, 2.05) is 12.1 Å². The molecule has 0 unspecified atom stereocenters. The first-order valence-electron chi connectivity index (χ1n) is 10.3. The van der Waals surface area contributed by atoms with Crippen LogP contribution in [0.5, 0.6) is 11.5 Å². The van der Waals surface area contributed by atoms with Gasteiger partial charge in [0.25, 0.3) is 5.56 Å². The number of aryl methyl sites for hydroxylation is 1. The predicted molar refractivity (Wildman–Crippen MR) is 124 cm³/mol. The lowest BCUT2D eigenvalue weighted by Crippen LogP contribution is -2.31. The molecule has 168 valence electrons. The maximum absolute atomic E-state index is 12.6. The van der Waals surface area contributed by atoms with E-state index in [4.69, 9.17) is 9.47 Å². The number of para-hydroxylation sites is 1. The number of benzene rings is 2. The molecular weight excluding hydrogens is 424 g/mol. The Labute approximate surface area is 188 Å². The first-order chi connectivity index (χ1) is 16.0. The van der Waals surface area contributed by atoms with Crippen molar-refractivity contribution < 1.29 is 14.3 Å². The Morgan fingerprint density at radius 3 is 2.73 bits per heavy atom. The number of ether oxygens (including phenoxy) is 2. The number of aromatic nitrogens is 3. The lowest BCUT2D eigenvalue weighted by Gasteiger charge is -2.13. The fourth-order valence-electron chi connectivity index (χ4n) is 3.41. The van der Waals surface area contributed by atoms with Crippen molar-refractivity contribution >= 4 is 22.5 Å². The van der Waals surface area contributed by atoms with Crippen LogP contribution in [0.1, 0.15) is 12.0 Å². The highest BCUT2D eigenvalue weighted by atomic mass is 16.5. The number of nitrogens with one attached hydrogen (secondary N) is 2. The zero-order chi connectivity index (χ0) is 23.2. The normalized spacial score (nSPS) is 10.7. The van der Waals surface area contributed by atoms with Crippen LogP contribution in [0.2, 0.25) is 0 Å². The molecule has 2 N–H and O–H groups in total. The first-order valence-corrected chi connectivity index (χ1v) is 10.3. The number of hydrogen-bond acceptors (Lipinski definition) is 6. The van der Waals surface area contributed by atoms with Crippen molar-refractivity contribution in [2.45, 2.75) is 19.6 Å². The van der Waals surface area contributed by atoms with Gasteiger partial charge in [0.2, 0.25) is 5.91 Å². The average molecular weight is 446 g/mol. The van der Waals surface area contributed by atoms with E-state index in [9.17, 15) is 14.4 Å². The van der Waals surface area contributed by atoms with Crippen LogP contribution in [0, 0.1) is 0 Å².